The summed E-state index contributed by atoms with van der Waals surface area (Å²) in [6.45, 7) is 5.94. The molecular formula is C16H20N4O. The highest BCUT2D eigenvalue weighted by atomic mass is 16.2. The Morgan fingerprint density at radius 2 is 2.19 bits per heavy atom. The van der Waals surface area contributed by atoms with Gasteiger partial charge in [0.05, 0.1) is 11.9 Å². The number of carbonyl (C=O) groups is 1. The van der Waals surface area contributed by atoms with Crippen LogP contribution in [0.4, 0.5) is 5.82 Å². The van der Waals surface area contributed by atoms with Crippen LogP contribution in [0.1, 0.15) is 36.3 Å². The Morgan fingerprint density at radius 1 is 1.43 bits per heavy atom. The molecule has 2 aromatic rings. The Morgan fingerprint density at radius 3 is 2.86 bits per heavy atom. The van der Waals surface area contributed by atoms with Gasteiger partial charge in [-0.05, 0) is 26.3 Å². The maximum Gasteiger partial charge on any atom is 0.273 e. The third-order valence-corrected chi connectivity index (χ3v) is 3.32. The molecule has 0 radical (unpaired) electrons. The minimum Gasteiger partial charge on any atom is -0.382 e. The van der Waals surface area contributed by atoms with Crippen LogP contribution in [0.3, 0.4) is 0 Å². The van der Waals surface area contributed by atoms with E-state index in [1.54, 1.807) is 6.20 Å². The van der Waals surface area contributed by atoms with Gasteiger partial charge < -0.3 is 11.1 Å². The number of amides is 1. The van der Waals surface area contributed by atoms with Gasteiger partial charge in [-0.25, -0.2) is 9.97 Å². The Hall–Kier alpha value is -2.43. The molecule has 0 spiro atoms. The van der Waals surface area contributed by atoms with Gasteiger partial charge >= 0.3 is 0 Å². The molecule has 0 saturated carbocycles. The molecule has 0 saturated heterocycles. The summed E-state index contributed by atoms with van der Waals surface area (Å²) in [5.41, 5.74) is 8.64. The predicted molar refractivity (Wildman–Crippen MR) is 83.8 cm³/mol. The van der Waals surface area contributed by atoms with Crippen LogP contribution in [0.25, 0.3) is 11.3 Å². The number of aromatic nitrogens is 2. The van der Waals surface area contributed by atoms with E-state index in [0.29, 0.717) is 5.69 Å². The second-order valence-corrected chi connectivity index (χ2v) is 5.14. The Labute approximate surface area is 124 Å². The van der Waals surface area contributed by atoms with Gasteiger partial charge in [-0.1, -0.05) is 30.7 Å². The molecule has 1 amide bonds. The summed E-state index contributed by atoms with van der Waals surface area (Å²) < 4.78 is 0. The molecule has 21 heavy (non-hydrogen) atoms. The number of nitrogens with one attached hydrogen (secondary N) is 1. The summed E-state index contributed by atoms with van der Waals surface area (Å²) in [7, 11) is 0. The maximum absolute atomic E-state index is 12.2. The number of aryl methyl sites for hydroxylation is 1. The molecular weight excluding hydrogens is 264 g/mol. The van der Waals surface area contributed by atoms with Gasteiger partial charge in [-0.2, -0.15) is 0 Å². The van der Waals surface area contributed by atoms with E-state index in [9.17, 15) is 4.79 Å². The fraction of sp³-hybridized carbons (Fsp3) is 0.312. The topological polar surface area (TPSA) is 80.9 Å². The van der Waals surface area contributed by atoms with Crippen molar-refractivity contribution in [3.8, 4) is 11.3 Å². The lowest BCUT2D eigenvalue weighted by molar-refractivity contribution is 0.0935. The van der Waals surface area contributed by atoms with Gasteiger partial charge in [0.1, 0.15) is 0 Å². The van der Waals surface area contributed by atoms with Crippen LogP contribution in [0, 0.1) is 6.92 Å². The third kappa shape index (κ3) is 3.56. The van der Waals surface area contributed by atoms with Crippen molar-refractivity contribution in [2.75, 3.05) is 5.73 Å². The first-order valence-electron chi connectivity index (χ1n) is 7.01. The minimum absolute atomic E-state index is 0.0707. The van der Waals surface area contributed by atoms with Crippen molar-refractivity contribution in [2.24, 2.45) is 0 Å². The molecule has 3 N–H and O–H groups in total. The zero-order chi connectivity index (χ0) is 15.4. The first kappa shape index (κ1) is 15.0. The monoisotopic (exact) mass is 284 g/mol. The van der Waals surface area contributed by atoms with E-state index in [1.165, 1.54) is 0 Å². The van der Waals surface area contributed by atoms with Gasteiger partial charge in [0.25, 0.3) is 5.91 Å². The largest absolute Gasteiger partial charge is 0.382 e. The molecule has 0 aliphatic heterocycles. The second-order valence-electron chi connectivity index (χ2n) is 5.14. The van der Waals surface area contributed by atoms with Crippen molar-refractivity contribution in [1.82, 2.24) is 15.3 Å². The predicted octanol–water partition coefficient (Wildman–Crippen LogP) is 2.56. The lowest BCUT2D eigenvalue weighted by Gasteiger charge is -2.12. The molecule has 2 rings (SSSR count). The number of nitrogens with two attached hydrogens (primary N) is 1. The Bertz CT molecular complexity index is 654. The van der Waals surface area contributed by atoms with E-state index in [0.717, 1.165) is 17.5 Å². The second kappa shape index (κ2) is 6.35. The van der Waals surface area contributed by atoms with Crippen LogP contribution in [0.2, 0.25) is 0 Å². The summed E-state index contributed by atoms with van der Waals surface area (Å²) in [4.78, 5) is 20.7. The van der Waals surface area contributed by atoms with Crippen LogP contribution < -0.4 is 11.1 Å². The molecule has 1 heterocycles. The molecule has 5 nitrogen and oxygen atoms in total. The average Bonchev–Trinajstić information content (AvgIpc) is 2.47. The summed E-state index contributed by atoms with van der Waals surface area (Å²) in [6.07, 6.45) is 2.43. The molecule has 1 atom stereocenters. The maximum atomic E-state index is 12.2. The van der Waals surface area contributed by atoms with E-state index in [2.05, 4.69) is 15.3 Å². The highest BCUT2D eigenvalue weighted by Crippen LogP contribution is 2.19. The first-order valence-corrected chi connectivity index (χ1v) is 7.01. The highest BCUT2D eigenvalue weighted by molar-refractivity contribution is 5.96. The van der Waals surface area contributed by atoms with Crippen LogP contribution in [0.5, 0.6) is 0 Å². The van der Waals surface area contributed by atoms with Gasteiger partial charge in [0, 0.05) is 11.6 Å². The van der Waals surface area contributed by atoms with Crippen molar-refractivity contribution in [2.45, 2.75) is 33.2 Å². The van der Waals surface area contributed by atoms with Crippen molar-refractivity contribution in [3.05, 3.63) is 41.7 Å². The molecule has 0 aliphatic rings. The smallest absolute Gasteiger partial charge is 0.273 e. The molecule has 1 aromatic carbocycles. The zero-order valence-corrected chi connectivity index (χ0v) is 12.6. The van der Waals surface area contributed by atoms with E-state index >= 15 is 0 Å². The van der Waals surface area contributed by atoms with Gasteiger partial charge in [0.2, 0.25) is 0 Å². The number of benzene rings is 1. The van der Waals surface area contributed by atoms with Crippen LogP contribution >= 0.6 is 0 Å². The summed E-state index contributed by atoms with van der Waals surface area (Å²) in [6, 6.07) is 7.95. The first-order chi connectivity index (χ1) is 10.0. The molecule has 0 aliphatic carbocycles. The Balaban J connectivity index is 2.35. The van der Waals surface area contributed by atoms with E-state index in [4.69, 9.17) is 5.73 Å². The number of rotatable bonds is 4. The SMILES string of the molecule is CCC(C)NC(=O)c1nc(-c2cccc(C)c2)cnc1N. The van der Waals surface area contributed by atoms with Gasteiger partial charge in [0.15, 0.2) is 11.5 Å². The van der Waals surface area contributed by atoms with Crippen molar-refractivity contribution < 1.29 is 4.79 Å². The third-order valence-electron chi connectivity index (χ3n) is 3.32. The van der Waals surface area contributed by atoms with E-state index < -0.39 is 0 Å². The van der Waals surface area contributed by atoms with Crippen molar-refractivity contribution in [1.29, 1.82) is 0 Å². The fourth-order valence-electron chi connectivity index (χ4n) is 1.90. The summed E-state index contributed by atoms with van der Waals surface area (Å²) in [5.74, 6) is -0.143. The Kier molecular flexibility index (Phi) is 4.52. The van der Waals surface area contributed by atoms with E-state index in [1.807, 2.05) is 45.0 Å². The number of hydrogen-bond donors (Lipinski definition) is 2. The molecule has 5 heteroatoms. The number of carbonyl (C=O) groups excluding carboxylic acids is 1. The number of nitrogen functional groups attached to an aromatic ring is 1. The number of nitrogens with zero attached hydrogens (tertiary/aromatic N) is 2. The highest BCUT2D eigenvalue weighted by Gasteiger charge is 2.16. The van der Waals surface area contributed by atoms with Gasteiger partial charge in [-0.3, -0.25) is 4.79 Å². The van der Waals surface area contributed by atoms with Crippen LogP contribution in [0.15, 0.2) is 30.5 Å². The minimum atomic E-state index is -0.288. The zero-order valence-electron chi connectivity index (χ0n) is 12.6. The molecule has 1 aromatic heterocycles. The van der Waals surface area contributed by atoms with Crippen LogP contribution in [-0.4, -0.2) is 21.9 Å². The van der Waals surface area contributed by atoms with Gasteiger partial charge in [-0.15, -0.1) is 0 Å². The number of anilines is 1. The quantitative estimate of drug-likeness (QED) is 0.904. The standard InChI is InChI=1S/C16H20N4O/c1-4-11(3)19-16(21)14-15(17)18-9-13(20-14)12-7-5-6-10(2)8-12/h5-9,11H,4H2,1-3H3,(H2,17,18)(H,19,21). The normalized spacial score (nSPS) is 12.0. The van der Waals surface area contributed by atoms with Crippen molar-refractivity contribution in [3.63, 3.8) is 0 Å². The summed E-state index contributed by atoms with van der Waals surface area (Å²) in [5, 5.41) is 2.86. The van der Waals surface area contributed by atoms with Crippen molar-refractivity contribution >= 4 is 11.7 Å². The molecule has 1 unspecified atom stereocenters. The van der Waals surface area contributed by atoms with E-state index in [-0.39, 0.29) is 23.5 Å². The molecule has 0 fully saturated rings. The fourth-order valence-corrected chi connectivity index (χ4v) is 1.90. The average molecular weight is 284 g/mol. The number of hydrogen-bond acceptors (Lipinski definition) is 4. The summed E-state index contributed by atoms with van der Waals surface area (Å²) >= 11 is 0. The lowest BCUT2D eigenvalue weighted by Crippen LogP contribution is -2.33. The lowest BCUT2D eigenvalue weighted by atomic mass is 10.1. The molecule has 110 valence electrons. The van der Waals surface area contributed by atoms with Crippen LogP contribution in [-0.2, 0) is 0 Å². The molecule has 0 bridgehead atoms.